The molecule has 1 heterocycles. The van der Waals surface area contributed by atoms with Gasteiger partial charge in [0.25, 0.3) is 0 Å². The Bertz CT molecular complexity index is 374. The SMILES string of the molecule is CC12CCC(C1)C(C)(C)C2N1CCCC(N)C1=O. The Kier molecular flexibility index (Phi) is 2.58. The van der Waals surface area contributed by atoms with Crippen molar-refractivity contribution in [2.45, 2.75) is 65.0 Å². The lowest BCUT2D eigenvalue weighted by Gasteiger charge is -2.50. The van der Waals surface area contributed by atoms with Crippen molar-refractivity contribution in [3.05, 3.63) is 0 Å². The monoisotopic (exact) mass is 250 g/mol. The lowest BCUT2D eigenvalue weighted by atomic mass is 9.67. The van der Waals surface area contributed by atoms with Crippen LogP contribution in [0.2, 0.25) is 0 Å². The van der Waals surface area contributed by atoms with Crippen LogP contribution in [0.4, 0.5) is 0 Å². The topological polar surface area (TPSA) is 46.3 Å². The first-order chi connectivity index (χ1) is 8.36. The molecule has 3 heteroatoms. The Hall–Kier alpha value is -0.570. The predicted octanol–water partition coefficient (Wildman–Crippen LogP) is 2.15. The van der Waals surface area contributed by atoms with E-state index in [4.69, 9.17) is 5.73 Å². The van der Waals surface area contributed by atoms with Crippen LogP contribution in [-0.2, 0) is 4.79 Å². The fourth-order valence-electron chi connectivity index (χ4n) is 5.24. The number of carbonyl (C=O) groups is 1. The highest BCUT2D eigenvalue weighted by Crippen LogP contribution is 2.64. The number of nitrogens with two attached hydrogens (primary N) is 1. The second-order valence-corrected chi connectivity index (χ2v) is 7.60. The van der Waals surface area contributed by atoms with E-state index < -0.39 is 0 Å². The highest BCUT2D eigenvalue weighted by atomic mass is 16.2. The molecule has 18 heavy (non-hydrogen) atoms. The summed E-state index contributed by atoms with van der Waals surface area (Å²) in [6.07, 6.45) is 5.85. The number of nitrogens with zero attached hydrogens (tertiary/aromatic N) is 1. The molecule has 2 aliphatic carbocycles. The molecule has 1 aliphatic heterocycles. The van der Waals surface area contributed by atoms with E-state index in [1.165, 1.54) is 19.3 Å². The van der Waals surface area contributed by atoms with Gasteiger partial charge in [0, 0.05) is 12.6 Å². The Balaban J connectivity index is 1.93. The molecular formula is C15H26N2O. The maximum absolute atomic E-state index is 12.4. The summed E-state index contributed by atoms with van der Waals surface area (Å²) in [5.41, 5.74) is 6.57. The summed E-state index contributed by atoms with van der Waals surface area (Å²) in [5.74, 6) is 0.992. The number of likely N-dealkylation sites (tertiary alicyclic amines) is 1. The van der Waals surface area contributed by atoms with Gasteiger partial charge in [-0.15, -0.1) is 0 Å². The van der Waals surface area contributed by atoms with Gasteiger partial charge in [-0.05, 0) is 48.9 Å². The average Bonchev–Trinajstić information content (AvgIpc) is 2.75. The van der Waals surface area contributed by atoms with Crippen molar-refractivity contribution in [2.75, 3.05) is 6.54 Å². The van der Waals surface area contributed by atoms with Gasteiger partial charge < -0.3 is 10.6 Å². The molecule has 102 valence electrons. The second-order valence-electron chi connectivity index (χ2n) is 7.60. The third-order valence-electron chi connectivity index (χ3n) is 6.02. The highest BCUT2D eigenvalue weighted by molar-refractivity contribution is 5.83. The van der Waals surface area contributed by atoms with Crippen LogP contribution in [0.3, 0.4) is 0 Å². The molecule has 0 aromatic heterocycles. The number of piperidine rings is 1. The maximum Gasteiger partial charge on any atom is 0.239 e. The Morgan fingerprint density at radius 3 is 2.61 bits per heavy atom. The molecule has 0 aromatic rings. The van der Waals surface area contributed by atoms with Gasteiger partial charge in [-0.3, -0.25) is 4.79 Å². The first-order valence-corrected chi connectivity index (χ1v) is 7.42. The van der Waals surface area contributed by atoms with Crippen LogP contribution >= 0.6 is 0 Å². The molecule has 1 saturated heterocycles. The molecule has 0 aromatic carbocycles. The van der Waals surface area contributed by atoms with Crippen molar-refractivity contribution < 1.29 is 4.79 Å². The largest absolute Gasteiger partial charge is 0.337 e. The van der Waals surface area contributed by atoms with Crippen LogP contribution in [0, 0.1) is 16.7 Å². The van der Waals surface area contributed by atoms with Crippen LogP contribution in [0.25, 0.3) is 0 Å². The van der Waals surface area contributed by atoms with E-state index in [0.29, 0.717) is 11.5 Å². The summed E-state index contributed by atoms with van der Waals surface area (Å²) in [7, 11) is 0. The van der Waals surface area contributed by atoms with E-state index >= 15 is 0 Å². The van der Waals surface area contributed by atoms with Gasteiger partial charge in [0.2, 0.25) is 5.91 Å². The van der Waals surface area contributed by atoms with Crippen LogP contribution in [0.15, 0.2) is 0 Å². The summed E-state index contributed by atoms with van der Waals surface area (Å²) in [6.45, 7) is 8.03. The molecule has 3 fully saturated rings. The van der Waals surface area contributed by atoms with Gasteiger partial charge in [0.15, 0.2) is 0 Å². The van der Waals surface area contributed by atoms with Crippen LogP contribution < -0.4 is 5.73 Å². The average molecular weight is 250 g/mol. The van der Waals surface area contributed by atoms with E-state index in [1.807, 2.05) is 0 Å². The van der Waals surface area contributed by atoms with Crippen molar-refractivity contribution in [2.24, 2.45) is 22.5 Å². The molecule has 0 spiro atoms. The number of amides is 1. The third-order valence-corrected chi connectivity index (χ3v) is 6.02. The molecule has 2 N–H and O–H groups in total. The van der Waals surface area contributed by atoms with Gasteiger partial charge in [-0.2, -0.15) is 0 Å². The molecule has 3 nitrogen and oxygen atoms in total. The number of fused-ring (bicyclic) bond motifs is 2. The smallest absolute Gasteiger partial charge is 0.239 e. The zero-order valence-corrected chi connectivity index (χ0v) is 11.9. The third kappa shape index (κ3) is 1.49. The zero-order chi connectivity index (χ0) is 13.1. The molecule has 4 unspecified atom stereocenters. The number of carbonyl (C=O) groups excluding carboxylic acids is 1. The van der Waals surface area contributed by atoms with Crippen LogP contribution in [0.5, 0.6) is 0 Å². The minimum atomic E-state index is -0.253. The van der Waals surface area contributed by atoms with Crippen molar-refractivity contribution in [3.63, 3.8) is 0 Å². The molecule has 4 atom stereocenters. The van der Waals surface area contributed by atoms with E-state index in [2.05, 4.69) is 25.7 Å². The summed E-state index contributed by atoms with van der Waals surface area (Å²) in [4.78, 5) is 14.6. The first-order valence-electron chi connectivity index (χ1n) is 7.42. The second kappa shape index (κ2) is 3.72. The lowest BCUT2D eigenvalue weighted by molar-refractivity contribution is -0.144. The molecule has 1 amide bonds. The van der Waals surface area contributed by atoms with Crippen LogP contribution in [-0.4, -0.2) is 29.4 Å². The molecule has 3 rings (SSSR count). The van der Waals surface area contributed by atoms with Gasteiger partial charge in [0.05, 0.1) is 6.04 Å². The fraction of sp³-hybridized carbons (Fsp3) is 0.933. The number of hydrogen-bond acceptors (Lipinski definition) is 2. The fourth-order valence-corrected chi connectivity index (χ4v) is 5.24. The normalized spacial score (nSPS) is 46.8. The summed E-state index contributed by atoms with van der Waals surface area (Å²) in [5, 5.41) is 0. The predicted molar refractivity (Wildman–Crippen MR) is 71.9 cm³/mol. The lowest BCUT2D eigenvalue weighted by Crippen LogP contribution is -2.60. The minimum Gasteiger partial charge on any atom is -0.337 e. The van der Waals surface area contributed by atoms with Gasteiger partial charge in [-0.1, -0.05) is 20.8 Å². The number of rotatable bonds is 1. The molecule has 0 radical (unpaired) electrons. The Morgan fingerprint density at radius 1 is 1.28 bits per heavy atom. The van der Waals surface area contributed by atoms with E-state index in [-0.39, 0.29) is 17.4 Å². The maximum atomic E-state index is 12.4. The first kappa shape index (κ1) is 12.5. The standard InChI is InChI=1S/C15H26N2O/c1-14(2)10-6-7-15(3,9-10)13(14)17-8-4-5-11(16)12(17)18/h10-11,13H,4-9,16H2,1-3H3. The minimum absolute atomic E-state index is 0.202. The van der Waals surface area contributed by atoms with Crippen molar-refractivity contribution in [1.29, 1.82) is 0 Å². The Morgan fingerprint density at radius 2 is 2.00 bits per heavy atom. The molecule has 3 aliphatic rings. The van der Waals surface area contributed by atoms with Gasteiger partial charge in [0.1, 0.15) is 0 Å². The quantitative estimate of drug-likeness (QED) is 0.775. The van der Waals surface area contributed by atoms with Gasteiger partial charge in [-0.25, -0.2) is 0 Å². The van der Waals surface area contributed by atoms with Crippen molar-refractivity contribution in [3.8, 4) is 0 Å². The highest BCUT2D eigenvalue weighted by Gasteiger charge is 2.62. The molecule has 2 bridgehead atoms. The number of hydrogen-bond donors (Lipinski definition) is 1. The Labute approximate surface area is 110 Å². The summed E-state index contributed by atoms with van der Waals surface area (Å²) < 4.78 is 0. The van der Waals surface area contributed by atoms with E-state index in [1.54, 1.807) is 0 Å². The molecular weight excluding hydrogens is 224 g/mol. The van der Waals surface area contributed by atoms with E-state index in [9.17, 15) is 4.79 Å². The van der Waals surface area contributed by atoms with Crippen molar-refractivity contribution in [1.82, 2.24) is 4.90 Å². The van der Waals surface area contributed by atoms with E-state index in [0.717, 1.165) is 25.3 Å². The van der Waals surface area contributed by atoms with Crippen molar-refractivity contribution >= 4 is 5.91 Å². The zero-order valence-electron chi connectivity index (χ0n) is 11.9. The molecule has 2 saturated carbocycles. The van der Waals surface area contributed by atoms with Gasteiger partial charge >= 0.3 is 0 Å². The summed E-state index contributed by atoms with van der Waals surface area (Å²) in [6, 6.07) is 0.153. The summed E-state index contributed by atoms with van der Waals surface area (Å²) >= 11 is 0. The van der Waals surface area contributed by atoms with Crippen LogP contribution in [0.1, 0.15) is 52.9 Å².